The highest BCUT2D eigenvalue weighted by atomic mass is 16.3. The molecule has 0 saturated heterocycles. The summed E-state index contributed by atoms with van der Waals surface area (Å²) in [6, 6.07) is 166. The van der Waals surface area contributed by atoms with Crippen LogP contribution in [0.15, 0.2) is 482 Å². The normalized spacial score (nSPS) is 11.4. The number of benzene rings is 20. The highest BCUT2D eigenvalue weighted by Gasteiger charge is 2.24. The number of hydrogen-bond acceptors (Lipinski definition) is 8. The second-order valence-electron chi connectivity index (χ2n) is 32.7. The first-order valence-electron chi connectivity index (χ1n) is 43.8. The molecule has 0 aliphatic rings. The summed E-state index contributed by atoms with van der Waals surface area (Å²) in [6.45, 7) is 0. The third-order valence-electron chi connectivity index (χ3n) is 24.8. The van der Waals surface area contributed by atoms with E-state index in [0.717, 1.165) is 138 Å². The Morgan fingerprint density at radius 1 is 0.131 bits per heavy atom. The lowest BCUT2D eigenvalue weighted by molar-refractivity contribution is 0.669. The summed E-state index contributed by atoms with van der Waals surface area (Å²) in [5.74, 6) is 3.55. The molecule has 8 heteroatoms. The van der Waals surface area contributed by atoms with E-state index in [1.807, 2.05) is 54.6 Å². The van der Waals surface area contributed by atoms with E-state index >= 15 is 0 Å². The Bertz CT molecular complexity index is 8300. The van der Waals surface area contributed by atoms with Crippen molar-refractivity contribution < 1.29 is 8.83 Å². The van der Waals surface area contributed by atoms with Crippen LogP contribution in [0.2, 0.25) is 0 Å². The molecule has 0 amide bonds. The molecule has 24 rings (SSSR count). The van der Waals surface area contributed by atoms with Crippen molar-refractivity contribution in [3.8, 4) is 180 Å². The molecule has 24 aromatic rings. The molecule has 0 N–H and O–H groups in total. The zero-order chi connectivity index (χ0) is 86.2. The number of furan rings is 2. The van der Waals surface area contributed by atoms with Crippen LogP contribution in [0.25, 0.3) is 245 Å². The quantitative estimate of drug-likeness (QED) is 0.0942. The van der Waals surface area contributed by atoms with Crippen molar-refractivity contribution in [1.29, 1.82) is 0 Å². The van der Waals surface area contributed by atoms with Gasteiger partial charge in [0, 0.05) is 66.1 Å². The first kappa shape index (κ1) is 77.4. The van der Waals surface area contributed by atoms with E-state index in [0.29, 0.717) is 34.9 Å². The minimum atomic E-state index is 0.578. The van der Waals surface area contributed by atoms with Crippen LogP contribution in [0.3, 0.4) is 0 Å². The number of hydrogen-bond donors (Lipinski definition) is 0. The van der Waals surface area contributed by atoms with E-state index in [9.17, 15) is 0 Å². The van der Waals surface area contributed by atoms with Crippen LogP contribution in [0.5, 0.6) is 0 Å². The predicted octanol–water partition coefficient (Wildman–Crippen LogP) is 32.5. The third-order valence-corrected chi connectivity index (χ3v) is 24.8. The largest absolute Gasteiger partial charge is 0.455 e. The summed E-state index contributed by atoms with van der Waals surface area (Å²) in [5.41, 5.74) is 31.6. The van der Waals surface area contributed by atoms with E-state index in [1.54, 1.807) is 0 Å². The van der Waals surface area contributed by atoms with Gasteiger partial charge in [0.1, 0.15) is 22.3 Å². The Kier molecular flexibility index (Phi) is 20.2. The number of nitrogens with zero attached hydrogens (tertiary/aromatic N) is 6. The van der Waals surface area contributed by atoms with E-state index in [-0.39, 0.29) is 0 Å². The topological polar surface area (TPSA) is 104 Å². The highest BCUT2D eigenvalue weighted by molar-refractivity contribution is 6.17. The van der Waals surface area contributed by atoms with Gasteiger partial charge in [-0.15, -0.1) is 0 Å². The van der Waals surface area contributed by atoms with Gasteiger partial charge in [0.05, 0.1) is 0 Å². The molecule has 0 aliphatic carbocycles. The van der Waals surface area contributed by atoms with Crippen LogP contribution in [0.1, 0.15) is 0 Å². The Labute approximate surface area is 751 Å². The fourth-order valence-corrected chi connectivity index (χ4v) is 18.1. The second-order valence-corrected chi connectivity index (χ2v) is 32.7. The molecule has 0 aliphatic heterocycles. The molecule has 20 aromatic carbocycles. The van der Waals surface area contributed by atoms with Crippen LogP contribution in [-0.2, 0) is 0 Å². The monoisotopic (exact) mass is 1660 g/mol. The zero-order valence-electron chi connectivity index (χ0n) is 70.5. The fraction of sp³-hybridized carbons (Fsp3) is 0. The molecule has 0 spiro atoms. The molecular weight excluding hydrogens is 1580 g/mol. The van der Waals surface area contributed by atoms with Crippen LogP contribution in [-0.4, -0.2) is 29.9 Å². The fourth-order valence-electron chi connectivity index (χ4n) is 18.1. The highest BCUT2D eigenvalue weighted by Crippen LogP contribution is 2.45. The van der Waals surface area contributed by atoms with E-state index in [1.165, 1.54) is 72.1 Å². The van der Waals surface area contributed by atoms with Crippen molar-refractivity contribution in [2.24, 2.45) is 0 Å². The molecule has 130 heavy (non-hydrogen) atoms. The number of fused-ring (bicyclic) bond motifs is 8. The van der Waals surface area contributed by atoms with Crippen LogP contribution >= 0.6 is 0 Å². The molecule has 0 fully saturated rings. The van der Waals surface area contributed by atoms with Gasteiger partial charge < -0.3 is 8.83 Å². The predicted molar refractivity (Wildman–Crippen MR) is 536 cm³/mol. The summed E-state index contributed by atoms with van der Waals surface area (Å²) in [7, 11) is 0. The molecule has 608 valence electrons. The van der Waals surface area contributed by atoms with E-state index in [2.05, 4.69) is 419 Å². The summed E-state index contributed by atoms with van der Waals surface area (Å²) in [4.78, 5) is 31.4. The molecular formula is C122H78N6O2. The SMILES string of the molecule is c1ccc(-c2ccc(-c3ccc(-c4nc(-c5ccc6c(-c7ccccc7)cccc6c5)nc(-c5cccc6oc7c(-c8ccc(-c9ccccc9)cc8)cccc7c56)n4)cc3)cc2)cc1.c1ccc(-c2ccc(-c3ccc(-c4nc(-c5ccc6cc(-c7ccccc7)ccc6c5)nc(-c5cccc6oc7c(-c8ccc(-c9ccccc9)cc8)cccc7c56)n4)cc3)cc2)cc1. The molecule has 0 saturated carbocycles. The van der Waals surface area contributed by atoms with Crippen molar-refractivity contribution in [2.45, 2.75) is 0 Å². The Hall–Kier alpha value is -17.5. The lowest BCUT2D eigenvalue weighted by Gasteiger charge is -2.12. The van der Waals surface area contributed by atoms with Crippen LogP contribution < -0.4 is 0 Å². The van der Waals surface area contributed by atoms with Crippen molar-refractivity contribution in [3.05, 3.63) is 473 Å². The van der Waals surface area contributed by atoms with Crippen molar-refractivity contribution >= 4 is 65.4 Å². The Morgan fingerprint density at radius 3 is 0.738 bits per heavy atom. The standard InChI is InChI=1S/2C61H39N3O/c1-4-13-40(14-5-1)42-25-27-44(28-26-42)45-31-35-48(36-32-45)59-62-60(50-37-38-52-49(39-50)19-10-20-51(52)46-17-8-3-9-18-46)64-61(63-59)55-23-12-24-56-57(55)54-22-11-21-53(58(54)65-56)47-33-29-43(30-34-47)41-15-6-2-7-16-41;1-4-12-40(13-5-1)43-22-24-45(25-23-43)46-28-32-48(33-29-46)59-62-60(52-37-36-50-38-49(34-35-51(50)39-52)42-16-8-3-9-17-42)64-61(63-59)55-20-11-21-56-57(55)54-19-10-18-53(58(54)65-56)47-30-26-44(27-31-47)41-14-6-2-7-15-41/h2*1-39H. The maximum absolute atomic E-state index is 6.76. The van der Waals surface area contributed by atoms with Crippen molar-refractivity contribution in [3.63, 3.8) is 0 Å². The average molecular weight is 1660 g/mol. The van der Waals surface area contributed by atoms with Crippen molar-refractivity contribution in [2.75, 3.05) is 0 Å². The zero-order valence-corrected chi connectivity index (χ0v) is 70.5. The van der Waals surface area contributed by atoms with Gasteiger partial charge in [-0.05, 0) is 152 Å². The van der Waals surface area contributed by atoms with Gasteiger partial charge in [-0.25, -0.2) is 29.9 Å². The first-order chi connectivity index (χ1) is 64.4. The maximum Gasteiger partial charge on any atom is 0.164 e. The van der Waals surface area contributed by atoms with Crippen LogP contribution in [0.4, 0.5) is 0 Å². The summed E-state index contributed by atoms with van der Waals surface area (Å²) >= 11 is 0. The number of para-hydroxylation sites is 2. The smallest absolute Gasteiger partial charge is 0.164 e. The van der Waals surface area contributed by atoms with Gasteiger partial charge in [0.25, 0.3) is 0 Å². The number of rotatable bonds is 16. The molecule has 4 aromatic heterocycles. The van der Waals surface area contributed by atoms with Gasteiger partial charge in [-0.2, -0.15) is 0 Å². The third kappa shape index (κ3) is 15.2. The van der Waals surface area contributed by atoms with Gasteiger partial charge in [0.15, 0.2) is 34.9 Å². The molecule has 4 heterocycles. The molecule has 0 bridgehead atoms. The number of aromatic nitrogens is 6. The molecule has 0 radical (unpaired) electrons. The molecule has 8 nitrogen and oxygen atoms in total. The second kappa shape index (κ2) is 33.9. The van der Waals surface area contributed by atoms with Gasteiger partial charge >= 0.3 is 0 Å². The van der Waals surface area contributed by atoms with E-state index < -0.39 is 0 Å². The lowest BCUT2D eigenvalue weighted by Crippen LogP contribution is -2.00. The average Bonchev–Trinajstić information content (AvgIpc) is 1.59. The van der Waals surface area contributed by atoms with Crippen LogP contribution in [0, 0.1) is 0 Å². The maximum atomic E-state index is 6.76. The van der Waals surface area contributed by atoms with Gasteiger partial charge in [0.2, 0.25) is 0 Å². The van der Waals surface area contributed by atoms with Gasteiger partial charge in [-0.3, -0.25) is 0 Å². The summed E-state index contributed by atoms with van der Waals surface area (Å²) in [6.07, 6.45) is 0. The van der Waals surface area contributed by atoms with E-state index in [4.69, 9.17) is 38.7 Å². The summed E-state index contributed by atoms with van der Waals surface area (Å²) in [5, 5.41) is 8.49. The minimum Gasteiger partial charge on any atom is -0.455 e. The van der Waals surface area contributed by atoms with Crippen molar-refractivity contribution in [1.82, 2.24) is 29.9 Å². The first-order valence-corrected chi connectivity index (χ1v) is 43.8. The summed E-state index contributed by atoms with van der Waals surface area (Å²) < 4.78 is 13.5. The molecule has 0 atom stereocenters. The Morgan fingerprint density at radius 2 is 0.369 bits per heavy atom. The molecule has 0 unspecified atom stereocenters. The lowest BCUT2D eigenvalue weighted by atomic mass is 9.97. The Balaban J connectivity index is 0.000000148. The minimum absolute atomic E-state index is 0.578. The van der Waals surface area contributed by atoms with Gasteiger partial charge in [-0.1, -0.05) is 443 Å².